The Hall–Kier alpha value is 0.140. The first kappa shape index (κ1) is 11.6. The van der Waals surface area contributed by atoms with Crippen molar-refractivity contribution in [3.8, 4) is 0 Å². The topological polar surface area (TPSA) is 20.2 Å². The summed E-state index contributed by atoms with van der Waals surface area (Å²) < 4.78 is 1.15. The van der Waals surface area contributed by atoms with Crippen molar-refractivity contribution in [2.24, 2.45) is 5.92 Å². The van der Waals surface area contributed by atoms with Crippen LogP contribution in [0.1, 0.15) is 37.5 Å². The van der Waals surface area contributed by atoms with Crippen molar-refractivity contribution in [1.29, 1.82) is 0 Å². The van der Waals surface area contributed by atoms with Gasteiger partial charge in [-0.25, -0.2) is 0 Å². The number of hydrogen-bond acceptors (Lipinski definition) is 2. The summed E-state index contributed by atoms with van der Waals surface area (Å²) in [6, 6.07) is 2.07. The summed E-state index contributed by atoms with van der Waals surface area (Å²) >= 11 is 5.27. The predicted octanol–water partition coefficient (Wildman–Crippen LogP) is 3.99. The minimum Gasteiger partial charge on any atom is -0.390 e. The summed E-state index contributed by atoms with van der Waals surface area (Å²) in [7, 11) is 0. The number of aliphatic hydroxyl groups is 1. The Kier molecular flexibility index (Phi) is 3.53. The van der Waals surface area contributed by atoms with E-state index in [0.717, 1.165) is 23.7 Å². The first-order valence-corrected chi connectivity index (χ1v) is 7.21. The predicted molar refractivity (Wildman–Crippen MR) is 68.3 cm³/mol. The highest BCUT2D eigenvalue weighted by Crippen LogP contribution is 2.37. The van der Waals surface area contributed by atoms with Crippen molar-refractivity contribution in [1.82, 2.24) is 0 Å². The van der Waals surface area contributed by atoms with Crippen LogP contribution in [-0.2, 0) is 6.42 Å². The van der Waals surface area contributed by atoms with Crippen molar-refractivity contribution >= 4 is 27.3 Å². The lowest BCUT2D eigenvalue weighted by molar-refractivity contribution is -0.0118. The average molecular weight is 289 g/mol. The number of rotatable bonds is 2. The Morgan fingerprint density at radius 2 is 2.47 bits per heavy atom. The molecule has 0 aliphatic heterocycles. The van der Waals surface area contributed by atoms with Crippen LogP contribution in [0.4, 0.5) is 0 Å². The Morgan fingerprint density at radius 1 is 1.67 bits per heavy atom. The molecule has 1 fully saturated rings. The van der Waals surface area contributed by atoms with Gasteiger partial charge in [0.05, 0.1) is 5.60 Å². The molecule has 0 radical (unpaired) electrons. The Balaban J connectivity index is 2.07. The lowest BCUT2D eigenvalue weighted by Crippen LogP contribution is -2.36. The molecule has 1 nitrogen and oxygen atoms in total. The van der Waals surface area contributed by atoms with E-state index in [0.29, 0.717) is 5.92 Å². The van der Waals surface area contributed by atoms with Gasteiger partial charge in [-0.1, -0.05) is 19.8 Å². The zero-order valence-electron chi connectivity index (χ0n) is 9.00. The van der Waals surface area contributed by atoms with Gasteiger partial charge in [0, 0.05) is 15.8 Å². The first-order valence-electron chi connectivity index (χ1n) is 5.53. The Morgan fingerprint density at radius 3 is 3.07 bits per heavy atom. The second-order valence-electron chi connectivity index (χ2n) is 4.79. The fraction of sp³-hybridized carbons (Fsp3) is 0.667. The van der Waals surface area contributed by atoms with E-state index in [9.17, 15) is 5.11 Å². The van der Waals surface area contributed by atoms with Crippen LogP contribution in [0, 0.1) is 5.92 Å². The van der Waals surface area contributed by atoms with Crippen molar-refractivity contribution in [3.05, 3.63) is 20.8 Å². The molecule has 1 N–H and O–H groups in total. The molecule has 1 aliphatic carbocycles. The summed E-state index contributed by atoms with van der Waals surface area (Å²) in [5.41, 5.74) is -0.453. The molecule has 2 atom stereocenters. The largest absolute Gasteiger partial charge is 0.390 e. The van der Waals surface area contributed by atoms with Gasteiger partial charge in [0.1, 0.15) is 0 Å². The molecule has 1 saturated carbocycles. The fourth-order valence-electron chi connectivity index (χ4n) is 2.54. The second-order valence-corrected chi connectivity index (χ2v) is 6.65. The Bertz CT molecular complexity index is 336. The van der Waals surface area contributed by atoms with Crippen molar-refractivity contribution in [3.63, 3.8) is 0 Å². The molecule has 3 heteroatoms. The van der Waals surface area contributed by atoms with Gasteiger partial charge in [-0.2, -0.15) is 0 Å². The van der Waals surface area contributed by atoms with Crippen molar-refractivity contribution < 1.29 is 5.11 Å². The maximum absolute atomic E-state index is 10.5. The molecule has 2 rings (SSSR count). The molecule has 0 spiro atoms. The standard InChI is InChI=1S/C12H17BrOS/c1-9-3-2-5-12(14,7-9)8-11-10(13)4-6-15-11/h4,6,9,14H,2-3,5,7-8H2,1H3. The maximum Gasteiger partial charge on any atom is 0.0698 e. The third-order valence-corrected chi connectivity index (χ3v) is 5.17. The lowest BCUT2D eigenvalue weighted by Gasteiger charge is -2.35. The SMILES string of the molecule is CC1CCCC(O)(Cc2sccc2Br)C1. The van der Waals surface area contributed by atoms with E-state index in [1.807, 2.05) is 0 Å². The summed E-state index contributed by atoms with van der Waals surface area (Å²) in [6.45, 7) is 2.24. The molecule has 0 bridgehead atoms. The van der Waals surface area contributed by atoms with Crippen LogP contribution in [0.15, 0.2) is 15.9 Å². The average Bonchev–Trinajstić information content (AvgIpc) is 2.50. The van der Waals surface area contributed by atoms with E-state index in [4.69, 9.17) is 0 Å². The van der Waals surface area contributed by atoms with E-state index in [1.54, 1.807) is 11.3 Å². The van der Waals surface area contributed by atoms with Gasteiger partial charge in [0.15, 0.2) is 0 Å². The van der Waals surface area contributed by atoms with Gasteiger partial charge >= 0.3 is 0 Å². The quantitative estimate of drug-likeness (QED) is 0.872. The minimum atomic E-state index is -0.453. The minimum absolute atomic E-state index is 0.453. The molecule has 0 amide bonds. The zero-order chi connectivity index (χ0) is 10.9. The van der Waals surface area contributed by atoms with E-state index >= 15 is 0 Å². The molecule has 1 aliphatic rings. The summed E-state index contributed by atoms with van der Waals surface area (Å²) in [5.74, 6) is 0.669. The number of thiophene rings is 1. The number of hydrogen-bond donors (Lipinski definition) is 1. The third-order valence-electron chi connectivity index (χ3n) is 3.25. The van der Waals surface area contributed by atoms with Crippen LogP contribution in [-0.4, -0.2) is 10.7 Å². The van der Waals surface area contributed by atoms with Crippen LogP contribution in [0.5, 0.6) is 0 Å². The van der Waals surface area contributed by atoms with Crippen LogP contribution in [0.2, 0.25) is 0 Å². The zero-order valence-corrected chi connectivity index (χ0v) is 11.4. The van der Waals surface area contributed by atoms with Crippen molar-refractivity contribution in [2.75, 3.05) is 0 Å². The highest BCUT2D eigenvalue weighted by Gasteiger charge is 2.33. The van der Waals surface area contributed by atoms with E-state index in [1.165, 1.54) is 17.7 Å². The van der Waals surface area contributed by atoms with Crippen LogP contribution >= 0.6 is 27.3 Å². The molecule has 1 heterocycles. The molecule has 1 aromatic rings. The van der Waals surface area contributed by atoms with Gasteiger partial charge in [-0.05, 0) is 46.1 Å². The monoisotopic (exact) mass is 288 g/mol. The molecule has 15 heavy (non-hydrogen) atoms. The molecule has 0 aromatic carbocycles. The first-order chi connectivity index (χ1) is 7.09. The summed E-state index contributed by atoms with van der Waals surface area (Å²) in [5, 5.41) is 12.6. The van der Waals surface area contributed by atoms with Crippen LogP contribution < -0.4 is 0 Å². The van der Waals surface area contributed by atoms with E-state index in [-0.39, 0.29) is 0 Å². The van der Waals surface area contributed by atoms with Crippen LogP contribution in [0.3, 0.4) is 0 Å². The highest BCUT2D eigenvalue weighted by atomic mass is 79.9. The third kappa shape index (κ3) is 2.83. The molecule has 1 aromatic heterocycles. The van der Waals surface area contributed by atoms with Gasteiger partial charge in [0.25, 0.3) is 0 Å². The lowest BCUT2D eigenvalue weighted by atomic mass is 9.77. The summed E-state index contributed by atoms with van der Waals surface area (Å²) in [4.78, 5) is 1.28. The van der Waals surface area contributed by atoms with Crippen molar-refractivity contribution in [2.45, 2.75) is 44.6 Å². The summed E-state index contributed by atoms with van der Waals surface area (Å²) in [6.07, 6.45) is 5.17. The Labute approximate surface area is 104 Å². The smallest absolute Gasteiger partial charge is 0.0698 e. The normalized spacial score (nSPS) is 31.8. The van der Waals surface area contributed by atoms with E-state index in [2.05, 4.69) is 34.3 Å². The van der Waals surface area contributed by atoms with Gasteiger partial charge in [-0.15, -0.1) is 11.3 Å². The molecule has 84 valence electrons. The van der Waals surface area contributed by atoms with Gasteiger partial charge in [0.2, 0.25) is 0 Å². The van der Waals surface area contributed by atoms with Crippen LogP contribution in [0.25, 0.3) is 0 Å². The van der Waals surface area contributed by atoms with E-state index < -0.39 is 5.60 Å². The molecular formula is C12H17BrOS. The second kappa shape index (κ2) is 4.56. The molecule has 0 saturated heterocycles. The maximum atomic E-state index is 10.5. The van der Waals surface area contributed by atoms with Gasteiger partial charge < -0.3 is 5.11 Å². The molecular weight excluding hydrogens is 272 g/mol. The van der Waals surface area contributed by atoms with Gasteiger partial charge in [-0.3, -0.25) is 0 Å². The fourth-order valence-corrected chi connectivity index (χ4v) is 4.17. The molecule has 2 unspecified atom stereocenters. The highest BCUT2D eigenvalue weighted by molar-refractivity contribution is 9.10. The number of halogens is 1.